The summed E-state index contributed by atoms with van der Waals surface area (Å²) in [6.07, 6.45) is 2.68. The molecule has 1 aromatic heterocycles. The van der Waals surface area contributed by atoms with E-state index in [1.54, 1.807) is 24.3 Å². The number of aromatic nitrogens is 2. The van der Waals surface area contributed by atoms with Crippen molar-refractivity contribution in [2.24, 2.45) is 0 Å². The van der Waals surface area contributed by atoms with Crippen molar-refractivity contribution in [1.82, 2.24) is 14.9 Å². The molecule has 0 atom stereocenters. The highest BCUT2D eigenvalue weighted by Crippen LogP contribution is 2.23. The maximum Gasteiger partial charge on any atom is 0.291 e. The number of benzene rings is 1. The second kappa shape index (κ2) is 7.11. The number of nitrogens with zero attached hydrogens (tertiary/aromatic N) is 2. The molecule has 0 aliphatic carbocycles. The minimum absolute atomic E-state index is 0.245. The molecule has 2 N–H and O–H groups in total. The van der Waals surface area contributed by atoms with Gasteiger partial charge in [0.2, 0.25) is 0 Å². The standard InChI is InChI=1S/C19H23ClN4O2/c1-19(2,3)23-17(25)15-14-9-4-5-10-24(14)16(22-15)18(26)21-13-8-6-7-12(20)11-13/h6-8,11H,4-5,9-10H2,1-3H3,(H,21,26)(H,23,25). The van der Waals surface area contributed by atoms with Gasteiger partial charge in [-0.1, -0.05) is 17.7 Å². The molecule has 0 unspecified atom stereocenters. The number of imidazole rings is 1. The van der Waals surface area contributed by atoms with Crippen molar-refractivity contribution in [1.29, 1.82) is 0 Å². The Hall–Kier alpha value is -2.34. The Kier molecular flexibility index (Phi) is 5.05. The lowest BCUT2D eigenvalue weighted by Crippen LogP contribution is -2.41. The molecule has 7 heteroatoms. The fraction of sp³-hybridized carbons (Fsp3) is 0.421. The highest BCUT2D eigenvalue weighted by Gasteiger charge is 2.29. The average molecular weight is 375 g/mol. The van der Waals surface area contributed by atoms with Crippen molar-refractivity contribution in [2.75, 3.05) is 5.32 Å². The predicted molar refractivity (Wildman–Crippen MR) is 102 cm³/mol. The predicted octanol–water partition coefficient (Wildman–Crippen LogP) is 3.65. The molecule has 6 nitrogen and oxygen atoms in total. The van der Waals surface area contributed by atoms with E-state index in [1.807, 2.05) is 25.3 Å². The number of hydrogen-bond acceptors (Lipinski definition) is 3. The summed E-state index contributed by atoms with van der Waals surface area (Å²) in [5.41, 5.74) is 1.40. The number of halogens is 1. The molecule has 0 fully saturated rings. The van der Waals surface area contributed by atoms with Crippen LogP contribution in [0.2, 0.25) is 5.02 Å². The van der Waals surface area contributed by atoms with Crippen molar-refractivity contribution in [3.8, 4) is 0 Å². The Morgan fingerprint density at radius 2 is 1.96 bits per heavy atom. The van der Waals surface area contributed by atoms with Gasteiger partial charge >= 0.3 is 0 Å². The summed E-state index contributed by atoms with van der Waals surface area (Å²) in [6, 6.07) is 6.94. The second-order valence-electron chi connectivity index (χ2n) is 7.51. The largest absolute Gasteiger partial charge is 0.346 e. The van der Waals surface area contributed by atoms with E-state index in [0.717, 1.165) is 25.0 Å². The first-order valence-electron chi connectivity index (χ1n) is 8.73. The minimum Gasteiger partial charge on any atom is -0.346 e. The van der Waals surface area contributed by atoms with E-state index < -0.39 is 0 Å². The van der Waals surface area contributed by atoms with E-state index >= 15 is 0 Å². The Balaban J connectivity index is 1.92. The highest BCUT2D eigenvalue weighted by atomic mass is 35.5. The van der Waals surface area contributed by atoms with Gasteiger partial charge in [0.05, 0.1) is 5.69 Å². The van der Waals surface area contributed by atoms with Gasteiger partial charge in [-0.25, -0.2) is 4.98 Å². The lowest BCUT2D eigenvalue weighted by Gasteiger charge is -2.21. The van der Waals surface area contributed by atoms with E-state index in [1.165, 1.54) is 0 Å². The molecule has 1 aromatic carbocycles. The van der Waals surface area contributed by atoms with Gasteiger partial charge in [0.25, 0.3) is 11.8 Å². The van der Waals surface area contributed by atoms with Gasteiger partial charge in [0.15, 0.2) is 5.82 Å². The number of carbonyl (C=O) groups excluding carboxylic acids is 2. The van der Waals surface area contributed by atoms with Gasteiger partial charge in [0.1, 0.15) is 5.69 Å². The van der Waals surface area contributed by atoms with Crippen molar-refractivity contribution in [3.05, 3.63) is 46.5 Å². The van der Waals surface area contributed by atoms with E-state index in [-0.39, 0.29) is 23.2 Å². The summed E-state index contributed by atoms with van der Waals surface area (Å²) in [7, 11) is 0. The molecule has 0 saturated carbocycles. The molecule has 0 spiro atoms. The summed E-state index contributed by atoms with van der Waals surface area (Å²) in [5.74, 6) is -0.325. The number of fused-ring (bicyclic) bond motifs is 1. The van der Waals surface area contributed by atoms with E-state index in [2.05, 4.69) is 15.6 Å². The normalized spacial score (nSPS) is 13.8. The van der Waals surface area contributed by atoms with Gasteiger partial charge in [-0.15, -0.1) is 0 Å². The lowest BCUT2D eigenvalue weighted by atomic mass is 10.1. The van der Waals surface area contributed by atoms with Gasteiger partial charge in [-0.2, -0.15) is 0 Å². The van der Waals surface area contributed by atoms with E-state index in [4.69, 9.17) is 11.6 Å². The van der Waals surface area contributed by atoms with Gasteiger partial charge in [0, 0.05) is 22.8 Å². The molecule has 2 amide bonds. The molecule has 26 heavy (non-hydrogen) atoms. The van der Waals surface area contributed by atoms with Gasteiger partial charge in [-0.3, -0.25) is 9.59 Å². The zero-order chi connectivity index (χ0) is 18.9. The third-order valence-corrected chi connectivity index (χ3v) is 4.34. The number of rotatable bonds is 3. The summed E-state index contributed by atoms with van der Waals surface area (Å²) < 4.78 is 1.86. The Labute approximate surface area is 157 Å². The molecule has 0 saturated heterocycles. The molecule has 0 bridgehead atoms. The number of carbonyl (C=O) groups is 2. The van der Waals surface area contributed by atoms with Crippen LogP contribution in [-0.2, 0) is 13.0 Å². The van der Waals surface area contributed by atoms with Crippen LogP contribution in [0, 0.1) is 0 Å². The smallest absolute Gasteiger partial charge is 0.291 e. The molecular formula is C19H23ClN4O2. The number of nitrogens with one attached hydrogen (secondary N) is 2. The SMILES string of the molecule is CC(C)(C)NC(=O)c1nc(C(=O)Nc2cccc(Cl)c2)n2c1CCCC2. The second-order valence-corrected chi connectivity index (χ2v) is 7.94. The third kappa shape index (κ3) is 4.07. The minimum atomic E-state index is -0.370. The first-order valence-corrected chi connectivity index (χ1v) is 9.11. The summed E-state index contributed by atoms with van der Waals surface area (Å²) in [6.45, 7) is 6.43. The first-order chi connectivity index (χ1) is 12.2. The summed E-state index contributed by atoms with van der Waals surface area (Å²) >= 11 is 5.97. The van der Waals surface area contributed by atoms with Crippen molar-refractivity contribution >= 4 is 29.1 Å². The monoisotopic (exact) mass is 374 g/mol. The van der Waals surface area contributed by atoms with Crippen LogP contribution in [0.25, 0.3) is 0 Å². The van der Waals surface area contributed by atoms with Crippen molar-refractivity contribution < 1.29 is 9.59 Å². The molecule has 138 valence electrons. The van der Waals surface area contributed by atoms with E-state index in [0.29, 0.717) is 22.9 Å². The average Bonchev–Trinajstić information content (AvgIpc) is 2.93. The fourth-order valence-electron chi connectivity index (χ4n) is 3.05. The van der Waals surface area contributed by atoms with Crippen LogP contribution in [0.5, 0.6) is 0 Å². The quantitative estimate of drug-likeness (QED) is 0.860. The molecule has 3 rings (SSSR count). The van der Waals surface area contributed by atoms with Crippen LogP contribution in [0.1, 0.15) is 60.4 Å². The van der Waals surface area contributed by atoms with Crippen molar-refractivity contribution in [2.45, 2.75) is 52.1 Å². The zero-order valence-corrected chi connectivity index (χ0v) is 16.0. The highest BCUT2D eigenvalue weighted by molar-refractivity contribution is 6.30. The Bertz CT molecular complexity index is 852. The van der Waals surface area contributed by atoms with Crippen LogP contribution >= 0.6 is 11.6 Å². The van der Waals surface area contributed by atoms with Crippen LogP contribution in [0.15, 0.2) is 24.3 Å². The third-order valence-electron chi connectivity index (χ3n) is 4.11. The zero-order valence-electron chi connectivity index (χ0n) is 15.2. The van der Waals surface area contributed by atoms with Gasteiger partial charge < -0.3 is 15.2 Å². The number of anilines is 1. The fourth-order valence-corrected chi connectivity index (χ4v) is 3.24. The van der Waals surface area contributed by atoms with Gasteiger partial charge in [-0.05, 0) is 58.2 Å². The summed E-state index contributed by atoms with van der Waals surface area (Å²) in [5, 5.41) is 6.28. The topological polar surface area (TPSA) is 76.0 Å². The van der Waals surface area contributed by atoms with Crippen LogP contribution in [0.4, 0.5) is 5.69 Å². The Morgan fingerprint density at radius 3 is 2.65 bits per heavy atom. The number of hydrogen-bond donors (Lipinski definition) is 2. The van der Waals surface area contributed by atoms with Crippen molar-refractivity contribution in [3.63, 3.8) is 0 Å². The summed E-state index contributed by atoms with van der Waals surface area (Å²) in [4.78, 5) is 29.8. The molecule has 1 aliphatic heterocycles. The molecule has 2 heterocycles. The van der Waals surface area contributed by atoms with Crippen LogP contribution in [-0.4, -0.2) is 26.9 Å². The molecule has 2 aromatic rings. The van der Waals surface area contributed by atoms with Crippen LogP contribution < -0.4 is 10.6 Å². The van der Waals surface area contributed by atoms with Crippen LogP contribution in [0.3, 0.4) is 0 Å². The Morgan fingerprint density at radius 1 is 1.19 bits per heavy atom. The maximum atomic E-state index is 12.7. The van der Waals surface area contributed by atoms with E-state index in [9.17, 15) is 9.59 Å². The molecule has 0 radical (unpaired) electrons. The maximum absolute atomic E-state index is 12.7. The number of amides is 2. The first kappa shape index (κ1) is 18.5. The lowest BCUT2D eigenvalue weighted by molar-refractivity contribution is 0.0913. The molecule has 1 aliphatic rings. The molecular weight excluding hydrogens is 352 g/mol.